The quantitative estimate of drug-likeness (QED) is 0.264. The van der Waals surface area contributed by atoms with Crippen molar-refractivity contribution in [3.63, 3.8) is 0 Å². The van der Waals surface area contributed by atoms with E-state index in [1.165, 1.54) is 49.8 Å². The first-order valence-corrected chi connectivity index (χ1v) is 11.4. The summed E-state index contributed by atoms with van der Waals surface area (Å²) < 4.78 is 10.6. The van der Waals surface area contributed by atoms with Gasteiger partial charge in [-0.25, -0.2) is 4.79 Å². The van der Waals surface area contributed by atoms with Gasteiger partial charge in [-0.1, -0.05) is 43.5 Å². The number of esters is 1. The predicted molar refractivity (Wildman–Crippen MR) is 123 cm³/mol. The van der Waals surface area contributed by atoms with Crippen LogP contribution in [0, 0.1) is 10.1 Å². The molecule has 1 aliphatic heterocycles. The van der Waals surface area contributed by atoms with Crippen LogP contribution in [0.15, 0.2) is 42.5 Å². The van der Waals surface area contributed by atoms with Crippen LogP contribution in [0.5, 0.6) is 0 Å². The van der Waals surface area contributed by atoms with E-state index in [1.54, 1.807) is 18.2 Å². The van der Waals surface area contributed by atoms with E-state index in [1.807, 2.05) is 17.0 Å². The van der Waals surface area contributed by atoms with E-state index >= 15 is 0 Å². The highest BCUT2D eigenvalue weighted by Crippen LogP contribution is 2.32. The second-order valence-corrected chi connectivity index (χ2v) is 8.51. The van der Waals surface area contributed by atoms with Gasteiger partial charge in [0.05, 0.1) is 29.4 Å². The number of Topliss-reactive ketones (excluding diaryl/α,β-unsaturated/α-hetero) is 1. The second-order valence-electron chi connectivity index (χ2n) is 8.51. The molecule has 8 nitrogen and oxygen atoms in total. The molecule has 0 atom stereocenters. The van der Waals surface area contributed by atoms with Crippen molar-refractivity contribution in [3.8, 4) is 0 Å². The number of hydrogen-bond acceptors (Lipinski definition) is 7. The fourth-order valence-corrected chi connectivity index (χ4v) is 4.55. The molecule has 1 saturated heterocycles. The molecule has 174 valence electrons. The van der Waals surface area contributed by atoms with Crippen LogP contribution in [0.1, 0.15) is 64.3 Å². The topological polar surface area (TPSA) is 99.0 Å². The summed E-state index contributed by atoms with van der Waals surface area (Å²) in [5.74, 6) is -0.516. The largest absolute Gasteiger partial charge is 0.454 e. The van der Waals surface area contributed by atoms with E-state index in [-0.39, 0.29) is 17.0 Å². The van der Waals surface area contributed by atoms with E-state index in [0.717, 1.165) is 0 Å². The standard InChI is InChI=1S/C25H28N2O6/c28-24(20-8-6-19(7-9-20)18-4-2-1-3-5-18)17-33-25(29)22-16-21(27(30)31)10-11-23(22)26-12-14-32-15-13-26/h6-11,16,18H,1-5,12-15,17H2. The molecule has 0 aromatic heterocycles. The summed E-state index contributed by atoms with van der Waals surface area (Å²) in [5, 5.41) is 11.2. The Morgan fingerprint density at radius 2 is 1.73 bits per heavy atom. The van der Waals surface area contributed by atoms with Gasteiger partial charge in [-0.15, -0.1) is 0 Å². The number of rotatable bonds is 7. The molecule has 0 N–H and O–H groups in total. The molecule has 2 aromatic rings. The highest BCUT2D eigenvalue weighted by Gasteiger charge is 2.24. The van der Waals surface area contributed by atoms with Crippen molar-refractivity contribution in [2.24, 2.45) is 0 Å². The minimum Gasteiger partial charge on any atom is -0.454 e. The van der Waals surface area contributed by atoms with Crippen LogP contribution in [0.4, 0.5) is 11.4 Å². The number of ketones is 1. The molecule has 0 spiro atoms. The maximum absolute atomic E-state index is 12.8. The summed E-state index contributed by atoms with van der Waals surface area (Å²) in [4.78, 5) is 38.0. The van der Waals surface area contributed by atoms with E-state index < -0.39 is 17.5 Å². The number of morpholine rings is 1. The van der Waals surface area contributed by atoms with Gasteiger partial charge in [0.25, 0.3) is 5.69 Å². The summed E-state index contributed by atoms with van der Waals surface area (Å²) in [7, 11) is 0. The molecule has 8 heteroatoms. The molecule has 0 bridgehead atoms. The molecule has 2 fully saturated rings. The first kappa shape index (κ1) is 22.9. The number of ether oxygens (including phenoxy) is 2. The molecule has 1 saturated carbocycles. The van der Waals surface area contributed by atoms with Crippen molar-refractivity contribution < 1.29 is 24.0 Å². The van der Waals surface area contributed by atoms with Crippen LogP contribution in [0.25, 0.3) is 0 Å². The van der Waals surface area contributed by atoms with E-state index in [4.69, 9.17) is 9.47 Å². The molecule has 2 aliphatic rings. The van der Waals surface area contributed by atoms with Gasteiger partial charge in [-0.3, -0.25) is 14.9 Å². The maximum atomic E-state index is 12.8. The number of nitrogens with zero attached hydrogens (tertiary/aromatic N) is 2. The monoisotopic (exact) mass is 452 g/mol. The van der Waals surface area contributed by atoms with Gasteiger partial charge in [0.2, 0.25) is 0 Å². The van der Waals surface area contributed by atoms with Gasteiger partial charge in [-0.05, 0) is 30.4 Å². The Bertz CT molecular complexity index is 1010. The SMILES string of the molecule is O=C(COC(=O)c1cc([N+](=O)[O-])ccc1N1CCOCC1)c1ccc(C2CCCCC2)cc1. The summed E-state index contributed by atoms with van der Waals surface area (Å²) in [6.07, 6.45) is 6.13. The summed E-state index contributed by atoms with van der Waals surface area (Å²) in [6.45, 7) is 1.70. The summed E-state index contributed by atoms with van der Waals surface area (Å²) in [6, 6.07) is 11.7. The zero-order chi connectivity index (χ0) is 23.2. The van der Waals surface area contributed by atoms with Crippen molar-refractivity contribution in [3.05, 3.63) is 69.3 Å². The van der Waals surface area contributed by atoms with Crippen LogP contribution < -0.4 is 4.90 Å². The van der Waals surface area contributed by atoms with Crippen LogP contribution in [-0.4, -0.2) is 49.6 Å². The fourth-order valence-electron chi connectivity index (χ4n) is 4.55. The lowest BCUT2D eigenvalue weighted by Crippen LogP contribution is -2.37. The maximum Gasteiger partial charge on any atom is 0.340 e. The molecule has 33 heavy (non-hydrogen) atoms. The minimum atomic E-state index is -0.757. The van der Waals surface area contributed by atoms with E-state index in [2.05, 4.69) is 0 Å². The third-order valence-electron chi connectivity index (χ3n) is 6.41. The van der Waals surface area contributed by atoms with Crippen LogP contribution in [0.3, 0.4) is 0 Å². The Balaban J connectivity index is 1.43. The lowest BCUT2D eigenvalue weighted by atomic mass is 9.84. The number of hydrogen-bond donors (Lipinski definition) is 0. The third-order valence-corrected chi connectivity index (χ3v) is 6.41. The fraction of sp³-hybridized carbons (Fsp3) is 0.440. The van der Waals surface area contributed by atoms with Crippen LogP contribution in [-0.2, 0) is 9.47 Å². The average molecular weight is 453 g/mol. The molecule has 0 radical (unpaired) electrons. The van der Waals surface area contributed by atoms with Gasteiger partial charge in [0.15, 0.2) is 12.4 Å². The Kier molecular flexibility index (Phi) is 7.34. The number of non-ortho nitro benzene ring substituents is 1. The first-order chi connectivity index (χ1) is 16.0. The smallest absolute Gasteiger partial charge is 0.340 e. The van der Waals surface area contributed by atoms with Crippen molar-refractivity contribution in [1.29, 1.82) is 0 Å². The van der Waals surface area contributed by atoms with Crippen molar-refractivity contribution in [2.75, 3.05) is 37.8 Å². The van der Waals surface area contributed by atoms with E-state index in [0.29, 0.717) is 43.5 Å². The first-order valence-electron chi connectivity index (χ1n) is 11.4. The molecule has 2 aromatic carbocycles. The second kappa shape index (κ2) is 10.6. The van der Waals surface area contributed by atoms with Crippen LogP contribution >= 0.6 is 0 Å². The molecule has 4 rings (SSSR count). The predicted octanol–water partition coefficient (Wildman–Crippen LogP) is 4.52. The Morgan fingerprint density at radius 3 is 2.39 bits per heavy atom. The lowest BCUT2D eigenvalue weighted by Gasteiger charge is -2.30. The van der Waals surface area contributed by atoms with Gasteiger partial charge < -0.3 is 14.4 Å². The lowest BCUT2D eigenvalue weighted by molar-refractivity contribution is -0.384. The Hall–Kier alpha value is -3.26. The highest BCUT2D eigenvalue weighted by atomic mass is 16.6. The van der Waals surface area contributed by atoms with Crippen LogP contribution in [0.2, 0.25) is 0 Å². The highest BCUT2D eigenvalue weighted by molar-refractivity contribution is 6.01. The van der Waals surface area contributed by atoms with E-state index in [9.17, 15) is 19.7 Å². The van der Waals surface area contributed by atoms with Gasteiger partial charge >= 0.3 is 5.97 Å². The Morgan fingerprint density at radius 1 is 1.03 bits per heavy atom. The Labute approximate surface area is 192 Å². The summed E-state index contributed by atoms with van der Waals surface area (Å²) >= 11 is 0. The number of nitro benzene ring substituents is 1. The van der Waals surface area contributed by atoms with Crippen molar-refractivity contribution in [2.45, 2.75) is 38.0 Å². The number of anilines is 1. The van der Waals surface area contributed by atoms with Crippen molar-refractivity contribution in [1.82, 2.24) is 0 Å². The molecule has 1 aliphatic carbocycles. The molecule has 1 heterocycles. The summed E-state index contributed by atoms with van der Waals surface area (Å²) in [5.41, 5.74) is 2.14. The molecule has 0 amide bonds. The minimum absolute atomic E-state index is 0.0755. The molecule has 0 unspecified atom stereocenters. The third kappa shape index (κ3) is 5.57. The van der Waals surface area contributed by atoms with Gasteiger partial charge in [0.1, 0.15) is 0 Å². The zero-order valence-corrected chi connectivity index (χ0v) is 18.5. The van der Waals surface area contributed by atoms with Crippen molar-refractivity contribution >= 4 is 23.1 Å². The molecular weight excluding hydrogens is 424 g/mol. The molecular formula is C25H28N2O6. The number of benzene rings is 2. The zero-order valence-electron chi connectivity index (χ0n) is 18.5. The number of carbonyl (C=O) groups is 2. The number of carbonyl (C=O) groups excluding carboxylic acids is 2. The van der Waals surface area contributed by atoms with Gasteiger partial charge in [0, 0.05) is 30.8 Å². The van der Waals surface area contributed by atoms with Gasteiger partial charge in [-0.2, -0.15) is 0 Å². The average Bonchev–Trinajstić information content (AvgIpc) is 2.87. The normalized spacial score (nSPS) is 16.9. The number of nitro groups is 1.